The van der Waals surface area contributed by atoms with Gasteiger partial charge in [0.25, 0.3) is 5.56 Å². The van der Waals surface area contributed by atoms with Crippen molar-refractivity contribution in [1.29, 1.82) is 0 Å². The van der Waals surface area contributed by atoms with E-state index < -0.39 is 5.38 Å². The number of nitrogens with zero attached hydrogens (tertiary/aromatic N) is 2. The van der Waals surface area contributed by atoms with Gasteiger partial charge in [0.05, 0.1) is 17.8 Å². The van der Waals surface area contributed by atoms with Gasteiger partial charge in [-0.1, -0.05) is 60.2 Å². The zero-order valence-corrected chi connectivity index (χ0v) is 16.9. The third-order valence-corrected chi connectivity index (χ3v) is 5.67. The van der Waals surface area contributed by atoms with Gasteiger partial charge in [-0.3, -0.25) is 9.59 Å². The SMILES string of the molecule is Cc1ccc(Cc2nc3c(c(=O)[nH]2)CN(C(=O)[C@@H](Cl)c2ccccc2)CC3)cc1. The number of nitrogens with one attached hydrogen (secondary N) is 1. The molecule has 1 aliphatic rings. The minimum Gasteiger partial charge on any atom is -0.336 e. The Balaban J connectivity index is 1.52. The summed E-state index contributed by atoms with van der Waals surface area (Å²) in [5.74, 6) is 0.462. The van der Waals surface area contributed by atoms with Crippen LogP contribution in [0.4, 0.5) is 0 Å². The zero-order valence-electron chi connectivity index (χ0n) is 16.2. The number of aromatic nitrogens is 2. The van der Waals surface area contributed by atoms with Gasteiger partial charge >= 0.3 is 0 Å². The molecule has 5 nitrogen and oxygen atoms in total. The molecule has 0 fully saturated rings. The second-order valence-electron chi connectivity index (χ2n) is 7.38. The van der Waals surface area contributed by atoms with Crippen LogP contribution in [-0.2, 0) is 24.2 Å². The molecule has 29 heavy (non-hydrogen) atoms. The Morgan fingerprint density at radius 2 is 1.90 bits per heavy atom. The lowest BCUT2D eigenvalue weighted by Crippen LogP contribution is -2.41. The third-order valence-electron chi connectivity index (χ3n) is 5.23. The number of H-pyrrole nitrogens is 1. The highest BCUT2D eigenvalue weighted by Crippen LogP contribution is 2.25. The van der Waals surface area contributed by atoms with Crippen LogP contribution in [0.1, 0.15) is 39.1 Å². The first kappa shape index (κ1) is 19.4. The number of benzene rings is 2. The number of halogens is 1. The second-order valence-corrected chi connectivity index (χ2v) is 7.82. The van der Waals surface area contributed by atoms with Gasteiger partial charge in [0, 0.05) is 19.4 Å². The summed E-state index contributed by atoms with van der Waals surface area (Å²) in [5.41, 5.74) is 4.18. The highest BCUT2D eigenvalue weighted by molar-refractivity contribution is 6.30. The van der Waals surface area contributed by atoms with Gasteiger partial charge in [0.15, 0.2) is 0 Å². The Hall–Kier alpha value is -2.92. The van der Waals surface area contributed by atoms with Crippen LogP contribution in [0.2, 0.25) is 0 Å². The van der Waals surface area contributed by atoms with E-state index in [4.69, 9.17) is 11.6 Å². The minimum atomic E-state index is -0.759. The number of carbonyl (C=O) groups is 1. The molecule has 0 saturated carbocycles. The minimum absolute atomic E-state index is 0.180. The molecule has 0 aliphatic carbocycles. The Labute approximate surface area is 174 Å². The molecule has 1 aromatic heterocycles. The van der Waals surface area contributed by atoms with E-state index in [0.29, 0.717) is 30.8 Å². The van der Waals surface area contributed by atoms with Gasteiger partial charge in [-0.2, -0.15) is 0 Å². The summed E-state index contributed by atoms with van der Waals surface area (Å²) in [4.78, 5) is 34.7. The van der Waals surface area contributed by atoms with E-state index in [-0.39, 0.29) is 18.0 Å². The molecule has 0 bridgehead atoms. The van der Waals surface area contributed by atoms with E-state index in [2.05, 4.69) is 9.97 Å². The molecule has 3 aromatic rings. The highest BCUT2D eigenvalue weighted by Gasteiger charge is 2.29. The predicted octanol–water partition coefficient (Wildman–Crippen LogP) is 3.53. The molecular formula is C23H22ClN3O2. The summed E-state index contributed by atoms with van der Waals surface area (Å²) in [6, 6.07) is 17.4. The van der Waals surface area contributed by atoms with E-state index in [0.717, 1.165) is 16.8 Å². The number of fused-ring (bicyclic) bond motifs is 1. The fourth-order valence-electron chi connectivity index (χ4n) is 3.57. The molecule has 0 unspecified atom stereocenters. The van der Waals surface area contributed by atoms with Crippen LogP contribution >= 0.6 is 11.6 Å². The predicted molar refractivity (Wildman–Crippen MR) is 113 cm³/mol. The molecule has 2 heterocycles. The quantitative estimate of drug-likeness (QED) is 0.673. The van der Waals surface area contributed by atoms with Crippen LogP contribution in [0.3, 0.4) is 0 Å². The van der Waals surface area contributed by atoms with Crippen LogP contribution in [0.25, 0.3) is 0 Å². The summed E-state index contributed by atoms with van der Waals surface area (Å²) < 4.78 is 0. The largest absolute Gasteiger partial charge is 0.336 e. The van der Waals surface area contributed by atoms with E-state index in [1.54, 1.807) is 4.90 Å². The second kappa shape index (κ2) is 8.21. The van der Waals surface area contributed by atoms with Crippen LogP contribution in [0.15, 0.2) is 59.4 Å². The van der Waals surface area contributed by atoms with Gasteiger partial charge in [-0.15, -0.1) is 11.6 Å². The molecule has 1 aliphatic heterocycles. The molecule has 0 spiro atoms. The zero-order chi connectivity index (χ0) is 20.4. The molecule has 2 aromatic carbocycles. The fourth-order valence-corrected chi connectivity index (χ4v) is 3.86. The van der Waals surface area contributed by atoms with Crippen LogP contribution in [-0.4, -0.2) is 27.3 Å². The summed E-state index contributed by atoms with van der Waals surface area (Å²) in [6.07, 6.45) is 1.12. The first-order valence-corrected chi connectivity index (χ1v) is 10.1. The van der Waals surface area contributed by atoms with E-state index in [1.165, 1.54) is 5.56 Å². The Morgan fingerprint density at radius 3 is 2.62 bits per heavy atom. The first-order chi connectivity index (χ1) is 14.0. The lowest BCUT2D eigenvalue weighted by atomic mass is 10.0. The third kappa shape index (κ3) is 4.25. The van der Waals surface area contributed by atoms with Crippen molar-refractivity contribution in [2.24, 2.45) is 0 Å². The number of aryl methyl sites for hydroxylation is 1. The van der Waals surface area contributed by atoms with Crippen molar-refractivity contribution in [3.8, 4) is 0 Å². The maximum Gasteiger partial charge on any atom is 0.256 e. The maximum atomic E-state index is 12.8. The lowest BCUT2D eigenvalue weighted by Gasteiger charge is -2.29. The van der Waals surface area contributed by atoms with Gasteiger partial charge in [0.2, 0.25) is 5.91 Å². The van der Waals surface area contributed by atoms with E-state index in [9.17, 15) is 9.59 Å². The molecule has 0 saturated heterocycles. The number of aromatic amines is 1. The van der Waals surface area contributed by atoms with Gasteiger partial charge < -0.3 is 9.88 Å². The number of rotatable bonds is 4. The number of hydrogen-bond acceptors (Lipinski definition) is 3. The van der Waals surface area contributed by atoms with E-state index in [1.807, 2.05) is 61.5 Å². The molecule has 1 N–H and O–H groups in total. The van der Waals surface area contributed by atoms with Gasteiger partial charge in [-0.25, -0.2) is 4.98 Å². The standard InChI is InChI=1S/C23H22ClN3O2/c1-15-7-9-16(10-8-15)13-20-25-19-11-12-27(14-18(19)22(28)26-20)23(29)21(24)17-5-3-2-4-6-17/h2-10,21H,11-14H2,1H3,(H,25,26,28)/t21-/m0/s1. The number of hydrogen-bond donors (Lipinski definition) is 1. The maximum absolute atomic E-state index is 12.8. The average Bonchev–Trinajstić information content (AvgIpc) is 2.75. The summed E-state index contributed by atoms with van der Waals surface area (Å²) in [5, 5.41) is -0.759. The molecule has 4 rings (SSSR count). The summed E-state index contributed by atoms with van der Waals surface area (Å²) in [6.45, 7) is 2.78. The molecule has 1 amide bonds. The van der Waals surface area contributed by atoms with Gasteiger partial charge in [-0.05, 0) is 18.1 Å². The van der Waals surface area contributed by atoms with Crippen LogP contribution in [0, 0.1) is 6.92 Å². The van der Waals surface area contributed by atoms with Crippen LogP contribution in [0.5, 0.6) is 0 Å². The Morgan fingerprint density at radius 1 is 1.17 bits per heavy atom. The average molecular weight is 408 g/mol. The van der Waals surface area contributed by atoms with Crippen molar-refractivity contribution in [2.45, 2.75) is 31.7 Å². The Kier molecular flexibility index (Phi) is 5.49. The summed E-state index contributed by atoms with van der Waals surface area (Å²) in [7, 11) is 0. The molecule has 6 heteroatoms. The fraction of sp³-hybridized carbons (Fsp3) is 0.261. The molecule has 0 radical (unpaired) electrons. The Bertz CT molecular complexity index is 1080. The van der Waals surface area contributed by atoms with Crippen molar-refractivity contribution in [1.82, 2.24) is 14.9 Å². The van der Waals surface area contributed by atoms with E-state index >= 15 is 0 Å². The van der Waals surface area contributed by atoms with Crippen LogP contribution < -0.4 is 5.56 Å². The highest BCUT2D eigenvalue weighted by atomic mass is 35.5. The molecular weight excluding hydrogens is 386 g/mol. The molecule has 148 valence electrons. The topological polar surface area (TPSA) is 66.1 Å². The van der Waals surface area contributed by atoms with Crippen molar-refractivity contribution in [3.05, 3.63) is 98.7 Å². The van der Waals surface area contributed by atoms with Crippen molar-refractivity contribution < 1.29 is 4.79 Å². The van der Waals surface area contributed by atoms with Crippen molar-refractivity contribution in [2.75, 3.05) is 6.54 Å². The smallest absolute Gasteiger partial charge is 0.256 e. The number of amides is 1. The summed E-state index contributed by atoms with van der Waals surface area (Å²) >= 11 is 6.39. The monoisotopic (exact) mass is 407 g/mol. The molecule has 1 atom stereocenters. The van der Waals surface area contributed by atoms with Crippen molar-refractivity contribution in [3.63, 3.8) is 0 Å². The normalized spacial score (nSPS) is 14.3. The number of alkyl halides is 1. The van der Waals surface area contributed by atoms with Crippen molar-refractivity contribution >= 4 is 17.5 Å². The van der Waals surface area contributed by atoms with Gasteiger partial charge in [0.1, 0.15) is 11.2 Å². The first-order valence-electron chi connectivity index (χ1n) is 9.65. The lowest BCUT2D eigenvalue weighted by molar-refractivity contribution is -0.131. The number of carbonyl (C=O) groups excluding carboxylic acids is 1.